The quantitative estimate of drug-likeness (QED) is 0.900. The molecule has 1 saturated heterocycles. The van der Waals surface area contributed by atoms with Crippen molar-refractivity contribution in [3.63, 3.8) is 0 Å². The van der Waals surface area contributed by atoms with Crippen LogP contribution in [0, 0.1) is 0 Å². The van der Waals surface area contributed by atoms with E-state index in [4.69, 9.17) is 28.9 Å². The van der Waals surface area contributed by atoms with Crippen LogP contribution in [-0.2, 0) is 0 Å². The first-order valence-electron chi connectivity index (χ1n) is 7.05. The van der Waals surface area contributed by atoms with Gasteiger partial charge in [-0.15, -0.1) is 0 Å². The normalized spacial score (nSPS) is 22.4. The van der Waals surface area contributed by atoms with Crippen LogP contribution in [0.25, 0.3) is 0 Å². The van der Waals surface area contributed by atoms with Gasteiger partial charge in [0, 0.05) is 12.1 Å². The third-order valence-electron chi connectivity index (χ3n) is 4.10. The first-order chi connectivity index (χ1) is 9.15. The SMILES string of the molecule is CC(c1cccc(Cl)c1Cl)N1CCCCC1CCN. The molecule has 0 aliphatic carbocycles. The molecule has 0 bridgehead atoms. The van der Waals surface area contributed by atoms with Gasteiger partial charge >= 0.3 is 0 Å². The summed E-state index contributed by atoms with van der Waals surface area (Å²) in [5, 5.41) is 1.33. The molecule has 1 aliphatic heterocycles. The Morgan fingerprint density at radius 2 is 2.16 bits per heavy atom. The molecule has 2 nitrogen and oxygen atoms in total. The van der Waals surface area contributed by atoms with Crippen molar-refractivity contribution >= 4 is 23.2 Å². The lowest BCUT2D eigenvalue weighted by atomic mass is 9.95. The second-order valence-corrected chi connectivity index (χ2v) is 6.07. The van der Waals surface area contributed by atoms with E-state index in [1.807, 2.05) is 12.1 Å². The molecule has 106 valence electrons. The van der Waals surface area contributed by atoms with Gasteiger partial charge in [-0.2, -0.15) is 0 Å². The Labute approximate surface area is 125 Å². The van der Waals surface area contributed by atoms with E-state index >= 15 is 0 Å². The van der Waals surface area contributed by atoms with Crippen LogP contribution in [0.2, 0.25) is 10.0 Å². The summed E-state index contributed by atoms with van der Waals surface area (Å²) in [7, 11) is 0. The zero-order valence-electron chi connectivity index (χ0n) is 11.4. The van der Waals surface area contributed by atoms with Gasteiger partial charge in [-0.25, -0.2) is 0 Å². The fourth-order valence-electron chi connectivity index (χ4n) is 3.06. The number of hydrogen-bond acceptors (Lipinski definition) is 2. The van der Waals surface area contributed by atoms with Gasteiger partial charge in [0.05, 0.1) is 10.0 Å². The number of hydrogen-bond donors (Lipinski definition) is 1. The molecule has 0 radical (unpaired) electrons. The van der Waals surface area contributed by atoms with Crippen molar-refractivity contribution in [2.75, 3.05) is 13.1 Å². The third-order valence-corrected chi connectivity index (χ3v) is 4.94. The van der Waals surface area contributed by atoms with Crippen molar-refractivity contribution in [3.8, 4) is 0 Å². The number of likely N-dealkylation sites (tertiary alicyclic amines) is 1. The molecule has 2 atom stereocenters. The highest BCUT2D eigenvalue weighted by Crippen LogP contribution is 2.35. The van der Waals surface area contributed by atoms with Crippen molar-refractivity contribution in [1.29, 1.82) is 0 Å². The van der Waals surface area contributed by atoms with Crippen molar-refractivity contribution in [2.45, 2.75) is 44.7 Å². The van der Waals surface area contributed by atoms with Crippen LogP contribution in [-0.4, -0.2) is 24.0 Å². The van der Waals surface area contributed by atoms with E-state index < -0.39 is 0 Å². The van der Waals surface area contributed by atoms with Gasteiger partial charge in [0.1, 0.15) is 0 Å². The number of rotatable bonds is 4. The van der Waals surface area contributed by atoms with Gasteiger partial charge in [-0.05, 0) is 50.9 Å². The Hall–Kier alpha value is -0.280. The summed E-state index contributed by atoms with van der Waals surface area (Å²) >= 11 is 12.5. The summed E-state index contributed by atoms with van der Waals surface area (Å²) in [5.74, 6) is 0. The van der Waals surface area contributed by atoms with E-state index in [1.54, 1.807) is 0 Å². The van der Waals surface area contributed by atoms with Crippen molar-refractivity contribution < 1.29 is 0 Å². The number of halogens is 2. The summed E-state index contributed by atoms with van der Waals surface area (Å²) in [6, 6.07) is 6.76. The van der Waals surface area contributed by atoms with Crippen LogP contribution in [0.4, 0.5) is 0 Å². The molecular weight excluding hydrogens is 279 g/mol. The average molecular weight is 301 g/mol. The van der Waals surface area contributed by atoms with Gasteiger partial charge in [0.2, 0.25) is 0 Å². The Morgan fingerprint density at radius 3 is 2.89 bits per heavy atom. The number of piperidine rings is 1. The summed E-state index contributed by atoms with van der Waals surface area (Å²) in [6.45, 7) is 4.08. The molecule has 1 aromatic carbocycles. The maximum atomic E-state index is 6.35. The molecular formula is C15H22Cl2N2. The lowest BCUT2D eigenvalue weighted by molar-refractivity contribution is 0.0984. The van der Waals surface area contributed by atoms with Gasteiger partial charge in [0.15, 0.2) is 0 Å². The van der Waals surface area contributed by atoms with Crippen LogP contribution in [0.15, 0.2) is 18.2 Å². The number of nitrogens with two attached hydrogens (primary N) is 1. The minimum absolute atomic E-state index is 0.294. The first kappa shape index (κ1) is 15.1. The molecule has 2 unspecified atom stereocenters. The smallest absolute Gasteiger partial charge is 0.0640 e. The molecule has 2 rings (SSSR count). The zero-order valence-corrected chi connectivity index (χ0v) is 12.9. The van der Waals surface area contributed by atoms with Crippen molar-refractivity contribution in [2.24, 2.45) is 5.73 Å². The summed E-state index contributed by atoms with van der Waals surface area (Å²) in [6.07, 6.45) is 4.85. The Morgan fingerprint density at radius 1 is 1.37 bits per heavy atom. The molecule has 0 spiro atoms. The summed E-state index contributed by atoms with van der Waals surface area (Å²) in [4.78, 5) is 2.54. The standard InChI is InChI=1S/C15H22Cl2N2/c1-11(13-6-4-7-14(16)15(13)17)19-10-3-2-5-12(19)8-9-18/h4,6-7,11-12H,2-3,5,8-10,18H2,1H3. The van der Waals surface area contributed by atoms with Crippen LogP contribution < -0.4 is 5.73 Å². The van der Waals surface area contributed by atoms with Crippen LogP contribution in [0.5, 0.6) is 0 Å². The van der Waals surface area contributed by atoms with Gasteiger partial charge in [0.25, 0.3) is 0 Å². The van der Waals surface area contributed by atoms with E-state index in [2.05, 4.69) is 17.9 Å². The Bertz CT molecular complexity index is 421. The number of benzene rings is 1. The average Bonchev–Trinajstić information content (AvgIpc) is 2.42. The largest absolute Gasteiger partial charge is 0.330 e. The highest BCUT2D eigenvalue weighted by molar-refractivity contribution is 6.42. The van der Waals surface area contributed by atoms with E-state index in [0.717, 1.165) is 25.1 Å². The topological polar surface area (TPSA) is 29.3 Å². The maximum Gasteiger partial charge on any atom is 0.0640 e. The summed E-state index contributed by atoms with van der Waals surface area (Å²) < 4.78 is 0. The minimum atomic E-state index is 0.294. The van der Waals surface area contributed by atoms with Crippen molar-refractivity contribution in [1.82, 2.24) is 4.90 Å². The van der Waals surface area contributed by atoms with E-state index in [1.165, 1.54) is 19.3 Å². The van der Waals surface area contributed by atoms with Crippen LogP contribution in [0.1, 0.15) is 44.2 Å². The second-order valence-electron chi connectivity index (χ2n) is 5.28. The van der Waals surface area contributed by atoms with Gasteiger partial charge in [-0.3, -0.25) is 4.90 Å². The predicted octanol–water partition coefficient (Wildman–Crippen LogP) is 4.26. The molecule has 1 aliphatic rings. The molecule has 1 heterocycles. The van der Waals surface area contributed by atoms with E-state index in [0.29, 0.717) is 22.1 Å². The molecule has 1 fully saturated rings. The fraction of sp³-hybridized carbons (Fsp3) is 0.600. The minimum Gasteiger partial charge on any atom is -0.330 e. The van der Waals surface area contributed by atoms with E-state index in [9.17, 15) is 0 Å². The lowest BCUT2D eigenvalue weighted by Gasteiger charge is -2.40. The van der Waals surface area contributed by atoms with Crippen LogP contribution >= 0.6 is 23.2 Å². The molecule has 2 N–H and O–H groups in total. The Kier molecular flexibility index (Phi) is 5.52. The monoisotopic (exact) mass is 300 g/mol. The molecule has 19 heavy (non-hydrogen) atoms. The zero-order chi connectivity index (χ0) is 13.8. The first-order valence-corrected chi connectivity index (χ1v) is 7.80. The molecule has 1 aromatic rings. The van der Waals surface area contributed by atoms with Gasteiger partial charge in [-0.1, -0.05) is 41.8 Å². The fourth-order valence-corrected chi connectivity index (χ4v) is 3.52. The molecule has 0 amide bonds. The molecule has 4 heteroatoms. The Balaban J connectivity index is 2.21. The second kappa shape index (κ2) is 6.94. The number of nitrogens with zero attached hydrogens (tertiary/aromatic N) is 1. The predicted molar refractivity (Wildman–Crippen MR) is 82.9 cm³/mol. The van der Waals surface area contributed by atoms with Crippen molar-refractivity contribution in [3.05, 3.63) is 33.8 Å². The van der Waals surface area contributed by atoms with E-state index in [-0.39, 0.29) is 0 Å². The molecule has 0 aromatic heterocycles. The highest BCUT2D eigenvalue weighted by Gasteiger charge is 2.27. The maximum absolute atomic E-state index is 6.35. The van der Waals surface area contributed by atoms with Crippen LogP contribution in [0.3, 0.4) is 0 Å². The third kappa shape index (κ3) is 3.43. The highest BCUT2D eigenvalue weighted by atomic mass is 35.5. The van der Waals surface area contributed by atoms with Gasteiger partial charge < -0.3 is 5.73 Å². The molecule has 0 saturated carbocycles. The summed E-state index contributed by atoms with van der Waals surface area (Å²) in [5.41, 5.74) is 6.86. The lowest BCUT2D eigenvalue weighted by Crippen LogP contribution is -2.42.